The quantitative estimate of drug-likeness (QED) is 0.124. The van der Waals surface area contributed by atoms with Gasteiger partial charge in [-0.25, -0.2) is 4.79 Å². The van der Waals surface area contributed by atoms with E-state index in [4.69, 9.17) is 9.47 Å². The first-order valence-electron chi connectivity index (χ1n) is 12.8. The first-order valence-corrected chi connectivity index (χ1v) is 12.8. The molecule has 0 radical (unpaired) electrons. The van der Waals surface area contributed by atoms with Crippen LogP contribution in [0.3, 0.4) is 0 Å². The Morgan fingerprint density at radius 1 is 0.842 bits per heavy atom. The highest BCUT2D eigenvalue weighted by atomic mass is 16.5. The van der Waals surface area contributed by atoms with E-state index >= 15 is 0 Å². The van der Waals surface area contributed by atoms with Crippen LogP contribution in [-0.4, -0.2) is 18.9 Å². The van der Waals surface area contributed by atoms with E-state index in [-0.39, 0.29) is 5.92 Å². The maximum atomic E-state index is 12.1. The molecule has 0 unspecified atom stereocenters. The van der Waals surface area contributed by atoms with Crippen LogP contribution in [0.1, 0.15) is 53.7 Å². The van der Waals surface area contributed by atoms with Gasteiger partial charge in [0, 0.05) is 11.6 Å². The van der Waals surface area contributed by atoms with E-state index in [2.05, 4.69) is 50.2 Å². The van der Waals surface area contributed by atoms with Crippen molar-refractivity contribution in [2.45, 2.75) is 33.3 Å². The number of esters is 1. The molecule has 4 heteroatoms. The lowest BCUT2D eigenvalue weighted by molar-refractivity contribution is -0.137. The maximum absolute atomic E-state index is 12.1. The van der Waals surface area contributed by atoms with Crippen LogP contribution in [0.5, 0.6) is 5.75 Å². The van der Waals surface area contributed by atoms with Crippen molar-refractivity contribution in [3.8, 4) is 28.0 Å². The van der Waals surface area contributed by atoms with Gasteiger partial charge in [-0.05, 0) is 82.1 Å². The van der Waals surface area contributed by atoms with E-state index in [1.807, 2.05) is 48.5 Å². The van der Waals surface area contributed by atoms with Crippen molar-refractivity contribution in [1.82, 2.24) is 0 Å². The smallest absolute Gasteiger partial charge is 0.330 e. The van der Waals surface area contributed by atoms with Crippen molar-refractivity contribution in [1.29, 1.82) is 0 Å². The van der Waals surface area contributed by atoms with E-state index < -0.39 is 5.97 Å². The van der Waals surface area contributed by atoms with Crippen LogP contribution in [0.4, 0.5) is 0 Å². The van der Waals surface area contributed by atoms with Gasteiger partial charge < -0.3 is 9.47 Å². The van der Waals surface area contributed by atoms with E-state index in [1.165, 1.54) is 11.6 Å². The van der Waals surface area contributed by atoms with Crippen LogP contribution in [-0.2, 0) is 16.1 Å². The molecule has 0 amide bonds. The molecule has 38 heavy (non-hydrogen) atoms. The summed E-state index contributed by atoms with van der Waals surface area (Å²) < 4.78 is 11.2. The second-order valence-corrected chi connectivity index (χ2v) is 9.31. The van der Waals surface area contributed by atoms with Gasteiger partial charge in [-0.15, -0.1) is 0 Å². The lowest BCUT2D eigenvalue weighted by Gasteiger charge is -2.17. The highest BCUT2D eigenvalue weighted by Crippen LogP contribution is 2.36. The molecule has 0 aliphatic rings. The van der Waals surface area contributed by atoms with Gasteiger partial charge in [0.2, 0.25) is 0 Å². The molecule has 0 spiro atoms. The van der Waals surface area contributed by atoms with Gasteiger partial charge in [0.1, 0.15) is 18.6 Å². The van der Waals surface area contributed by atoms with Gasteiger partial charge in [-0.2, -0.15) is 0 Å². The van der Waals surface area contributed by atoms with E-state index in [0.29, 0.717) is 18.8 Å². The Labute approximate surface area is 224 Å². The molecular formula is C34H32O4. The van der Waals surface area contributed by atoms with Gasteiger partial charge >= 0.3 is 5.97 Å². The molecule has 4 aromatic rings. The molecule has 0 aromatic heterocycles. The summed E-state index contributed by atoms with van der Waals surface area (Å²) in [4.78, 5) is 23.5. The molecule has 0 aliphatic heterocycles. The SMILES string of the molecule is CCOC(=O)/C=C/c1cc(-c2ccc(OCc3ccccc3)cc2C(C)C)ccc1-c1cccc(C=O)c1. The molecule has 0 fully saturated rings. The molecule has 0 atom stereocenters. The van der Waals surface area contributed by atoms with Crippen molar-refractivity contribution in [2.24, 2.45) is 0 Å². The summed E-state index contributed by atoms with van der Waals surface area (Å²) >= 11 is 0. The lowest BCUT2D eigenvalue weighted by Crippen LogP contribution is -1.99. The number of aldehydes is 1. The average molecular weight is 505 g/mol. The van der Waals surface area contributed by atoms with E-state index in [9.17, 15) is 9.59 Å². The van der Waals surface area contributed by atoms with Crippen molar-refractivity contribution in [2.75, 3.05) is 6.61 Å². The lowest BCUT2D eigenvalue weighted by atomic mass is 9.89. The number of hydrogen-bond donors (Lipinski definition) is 0. The van der Waals surface area contributed by atoms with Crippen molar-refractivity contribution in [3.63, 3.8) is 0 Å². The number of carbonyl (C=O) groups is 2. The van der Waals surface area contributed by atoms with Crippen molar-refractivity contribution >= 4 is 18.3 Å². The summed E-state index contributed by atoms with van der Waals surface area (Å²) in [6.07, 6.45) is 4.05. The van der Waals surface area contributed by atoms with Crippen molar-refractivity contribution in [3.05, 3.63) is 119 Å². The maximum Gasteiger partial charge on any atom is 0.330 e. The standard InChI is InChI=1S/C34H32O4/c1-4-37-34(36)18-14-28-20-29(13-16-31(28)27-12-8-11-26(19-27)22-35)32-17-15-30(21-33(32)24(2)3)38-23-25-9-6-5-7-10-25/h5-22,24H,4,23H2,1-3H3/b18-14+. The Hall–Kier alpha value is -4.44. The van der Waals surface area contributed by atoms with Crippen LogP contribution < -0.4 is 4.74 Å². The highest BCUT2D eigenvalue weighted by Gasteiger charge is 2.13. The number of hydrogen-bond acceptors (Lipinski definition) is 4. The van der Waals surface area contributed by atoms with Gasteiger partial charge in [0.25, 0.3) is 0 Å². The van der Waals surface area contributed by atoms with E-state index in [1.54, 1.807) is 19.1 Å². The average Bonchev–Trinajstić information content (AvgIpc) is 2.95. The number of carbonyl (C=O) groups excluding carboxylic acids is 2. The number of benzene rings is 4. The van der Waals surface area contributed by atoms with Gasteiger partial charge in [-0.3, -0.25) is 4.79 Å². The Bertz CT molecular complexity index is 1430. The molecule has 192 valence electrons. The summed E-state index contributed by atoms with van der Waals surface area (Å²) in [5.41, 5.74) is 7.71. The fourth-order valence-electron chi connectivity index (χ4n) is 4.37. The minimum Gasteiger partial charge on any atom is -0.489 e. The summed E-state index contributed by atoms with van der Waals surface area (Å²) in [6, 6.07) is 29.9. The zero-order chi connectivity index (χ0) is 26.9. The Morgan fingerprint density at radius 3 is 2.34 bits per heavy atom. The summed E-state index contributed by atoms with van der Waals surface area (Å²) in [7, 11) is 0. The Kier molecular flexibility index (Phi) is 8.89. The first kappa shape index (κ1) is 26.6. The summed E-state index contributed by atoms with van der Waals surface area (Å²) in [5.74, 6) is 0.701. The molecule has 0 N–H and O–H groups in total. The Balaban J connectivity index is 1.73. The van der Waals surface area contributed by atoms with Crippen LogP contribution in [0, 0.1) is 0 Å². The Morgan fingerprint density at radius 2 is 1.61 bits per heavy atom. The molecule has 4 aromatic carbocycles. The summed E-state index contributed by atoms with van der Waals surface area (Å²) in [5, 5.41) is 0. The zero-order valence-corrected chi connectivity index (χ0v) is 22.0. The fraction of sp³-hybridized carbons (Fsp3) is 0.176. The molecule has 0 heterocycles. The highest BCUT2D eigenvalue weighted by molar-refractivity contribution is 5.91. The first-order chi connectivity index (χ1) is 18.5. The predicted octanol–water partition coefficient (Wildman–Crippen LogP) is 8.11. The van der Waals surface area contributed by atoms with Gasteiger partial charge in [0.15, 0.2) is 0 Å². The van der Waals surface area contributed by atoms with Crippen LogP contribution >= 0.6 is 0 Å². The largest absolute Gasteiger partial charge is 0.489 e. The third kappa shape index (κ3) is 6.65. The fourth-order valence-corrected chi connectivity index (χ4v) is 4.37. The molecule has 0 saturated heterocycles. The molecular weight excluding hydrogens is 472 g/mol. The predicted molar refractivity (Wildman–Crippen MR) is 153 cm³/mol. The van der Waals surface area contributed by atoms with Crippen LogP contribution in [0.15, 0.2) is 97.1 Å². The monoisotopic (exact) mass is 504 g/mol. The molecule has 0 aliphatic carbocycles. The van der Waals surface area contributed by atoms with Crippen LogP contribution in [0.25, 0.3) is 28.3 Å². The van der Waals surface area contributed by atoms with E-state index in [0.717, 1.165) is 45.4 Å². The molecule has 0 bridgehead atoms. The molecule has 4 nitrogen and oxygen atoms in total. The second kappa shape index (κ2) is 12.7. The minimum absolute atomic E-state index is 0.271. The topological polar surface area (TPSA) is 52.6 Å². The van der Waals surface area contributed by atoms with Gasteiger partial charge in [-0.1, -0.05) is 80.6 Å². The zero-order valence-electron chi connectivity index (χ0n) is 22.0. The second-order valence-electron chi connectivity index (χ2n) is 9.31. The minimum atomic E-state index is -0.395. The number of ether oxygens (including phenoxy) is 2. The van der Waals surface area contributed by atoms with Crippen molar-refractivity contribution < 1.29 is 19.1 Å². The van der Waals surface area contributed by atoms with Gasteiger partial charge in [0.05, 0.1) is 6.61 Å². The third-order valence-corrected chi connectivity index (χ3v) is 6.28. The van der Waals surface area contributed by atoms with Crippen LogP contribution in [0.2, 0.25) is 0 Å². The summed E-state index contributed by atoms with van der Waals surface area (Å²) in [6.45, 7) is 6.94. The number of rotatable bonds is 10. The molecule has 4 rings (SSSR count). The normalized spacial score (nSPS) is 11.1. The third-order valence-electron chi connectivity index (χ3n) is 6.28. The molecule has 0 saturated carbocycles.